The summed E-state index contributed by atoms with van der Waals surface area (Å²) in [5.41, 5.74) is 0.620. The molecule has 1 saturated heterocycles. The van der Waals surface area contributed by atoms with E-state index in [0.29, 0.717) is 11.5 Å². The molecule has 3 heteroatoms. The zero-order valence-electron chi connectivity index (χ0n) is 14.6. The molecule has 3 nitrogen and oxygen atoms in total. The highest BCUT2D eigenvalue weighted by atomic mass is 16.6. The van der Waals surface area contributed by atoms with Crippen molar-refractivity contribution >= 4 is 11.9 Å². The van der Waals surface area contributed by atoms with E-state index >= 15 is 0 Å². The largest absolute Gasteiger partial charge is 0.389 e. The summed E-state index contributed by atoms with van der Waals surface area (Å²) in [6, 6.07) is 0. The number of hydrogen-bond donors (Lipinski definition) is 0. The maximum absolute atomic E-state index is 11.6. The predicted molar refractivity (Wildman–Crippen MR) is 91.9 cm³/mol. The summed E-state index contributed by atoms with van der Waals surface area (Å²) >= 11 is 0. The van der Waals surface area contributed by atoms with Gasteiger partial charge in [-0.15, -0.1) is 0 Å². The lowest BCUT2D eigenvalue weighted by Crippen LogP contribution is -2.18. The summed E-state index contributed by atoms with van der Waals surface area (Å²) in [7, 11) is 0. The zero-order chi connectivity index (χ0) is 16.5. The molecule has 1 heterocycles. The third kappa shape index (κ3) is 5.78. The van der Waals surface area contributed by atoms with Crippen LogP contribution in [0.4, 0.5) is 0 Å². The molecule has 23 heavy (non-hydrogen) atoms. The van der Waals surface area contributed by atoms with Gasteiger partial charge in [-0.25, -0.2) is 4.79 Å². The molecule has 2 rings (SSSR count). The molecule has 1 fully saturated rings. The van der Waals surface area contributed by atoms with Crippen LogP contribution < -0.4 is 0 Å². The minimum absolute atomic E-state index is 0.260. The predicted octanol–water partition coefficient (Wildman–Crippen LogP) is 5.33. The van der Waals surface area contributed by atoms with Crippen molar-refractivity contribution in [2.45, 2.75) is 90.4 Å². The Bertz CT molecular complexity index is 425. The summed E-state index contributed by atoms with van der Waals surface area (Å²) in [5.74, 6) is -0.438. The highest BCUT2D eigenvalue weighted by Crippen LogP contribution is 2.37. The number of fused-ring (bicyclic) bond motifs is 1. The first-order valence-corrected chi connectivity index (χ1v) is 9.68. The lowest BCUT2D eigenvalue weighted by atomic mass is 9.80. The van der Waals surface area contributed by atoms with E-state index < -0.39 is 5.97 Å². The molecular formula is C20H32O3. The number of carbonyl (C=O) groups excluding carboxylic acids is 2. The van der Waals surface area contributed by atoms with Crippen LogP contribution in [0.3, 0.4) is 0 Å². The van der Waals surface area contributed by atoms with Crippen molar-refractivity contribution in [3.63, 3.8) is 0 Å². The molecule has 0 amide bonds. The minimum Gasteiger partial charge on any atom is -0.389 e. The summed E-state index contributed by atoms with van der Waals surface area (Å²) in [5, 5.41) is 0. The molecule has 0 N–H and O–H groups in total. The second-order valence-electron chi connectivity index (χ2n) is 7.23. The maximum atomic E-state index is 11.6. The molecular weight excluding hydrogens is 288 g/mol. The molecule has 0 aromatic carbocycles. The van der Waals surface area contributed by atoms with Crippen LogP contribution in [0.1, 0.15) is 90.4 Å². The Labute approximate surface area is 140 Å². The summed E-state index contributed by atoms with van der Waals surface area (Å²) in [6.45, 7) is 2.26. The number of rotatable bonds is 11. The highest BCUT2D eigenvalue weighted by Gasteiger charge is 2.41. The van der Waals surface area contributed by atoms with Gasteiger partial charge >= 0.3 is 11.9 Å². The van der Waals surface area contributed by atoms with Crippen LogP contribution in [0.2, 0.25) is 0 Å². The Morgan fingerprint density at radius 2 is 1.57 bits per heavy atom. The van der Waals surface area contributed by atoms with Crippen molar-refractivity contribution in [1.29, 1.82) is 0 Å². The van der Waals surface area contributed by atoms with Gasteiger partial charge < -0.3 is 4.74 Å². The van der Waals surface area contributed by atoms with E-state index in [9.17, 15) is 9.59 Å². The van der Waals surface area contributed by atoms with Gasteiger partial charge in [0.15, 0.2) is 0 Å². The number of unbranched alkanes of at least 4 members (excludes halogenated alkanes) is 9. The van der Waals surface area contributed by atoms with Gasteiger partial charge in [-0.2, -0.15) is 0 Å². The molecule has 0 spiro atoms. The first kappa shape index (κ1) is 18.2. The van der Waals surface area contributed by atoms with E-state index in [0.717, 1.165) is 12.8 Å². The Morgan fingerprint density at radius 3 is 2.22 bits per heavy atom. The molecule has 130 valence electrons. The van der Waals surface area contributed by atoms with Gasteiger partial charge in [0, 0.05) is 5.57 Å². The second kappa shape index (κ2) is 9.89. The average Bonchev–Trinajstić information content (AvgIpc) is 2.83. The van der Waals surface area contributed by atoms with Gasteiger partial charge in [0.2, 0.25) is 0 Å². The number of allylic oxidation sites excluding steroid dienone is 1. The Balaban J connectivity index is 1.49. The van der Waals surface area contributed by atoms with E-state index in [2.05, 4.69) is 6.92 Å². The van der Waals surface area contributed by atoms with Gasteiger partial charge in [-0.1, -0.05) is 83.6 Å². The van der Waals surface area contributed by atoms with Crippen LogP contribution in [-0.4, -0.2) is 11.9 Å². The molecule has 2 aliphatic rings. The highest BCUT2D eigenvalue weighted by molar-refractivity contribution is 6.07. The molecule has 2 unspecified atom stereocenters. The Hall–Kier alpha value is -1.12. The summed E-state index contributed by atoms with van der Waals surface area (Å²) < 4.78 is 4.72. The van der Waals surface area contributed by atoms with E-state index in [1.807, 2.05) is 6.08 Å². The van der Waals surface area contributed by atoms with Crippen molar-refractivity contribution in [2.75, 3.05) is 0 Å². The molecule has 2 atom stereocenters. The molecule has 1 aliphatic carbocycles. The Morgan fingerprint density at radius 1 is 0.957 bits per heavy atom. The molecule has 0 radical (unpaired) electrons. The second-order valence-corrected chi connectivity index (χ2v) is 7.23. The van der Waals surface area contributed by atoms with Crippen LogP contribution in [-0.2, 0) is 14.3 Å². The topological polar surface area (TPSA) is 43.4 Å². The van der Waals surface area contributed by atoms with Crippen LogP contribution in [0.25, 0.3) is 0 Å². The fraction of sp³-hybridized carbons (Fsp3) is 0.800. The molecule has 0 aromatic heterocycles. The zero-order valence-corrected chi connectivity index (χ0v) is 14.6. The van der Waals surface area contributed by atoms with Crippen molar-refractivity contribution in [1.82, 2.24) is 0 Å². The standard InChI is InChI=1S/C20H32O3/c1-2-3-4-5-6-7-8-9-10-11-12-16-13-14-17-18(15-16)20(22)23-19(17)21/h14,16,18H,2-13,15H2,1H3. The van der Waals surface area contributed by atoms with Crippen molar-refractivity contribution in [3.05, 3.63) is 11.6 Å². The van der Waals surface area contributed by atoms with Crippen molar-refractivity contribution < 1.29 is 14.3 Å². The molecule has 0 bridgehead atoms. The van der Waals surface area contributed by atoms with Crippen molar-refractivity contribution in [2.24, 2.45) is 11.8 Å². The van der Waals surface area contributed by atoms with Gasteiger partial charge in [0.1, 0.15) is 0 Å². The number of ether oxygens (including phenoxy) is 1. The summed E-state index contributed by atoms with van der Waals surface area (Å²) in [4.78, 5) is 23.1. The lowest BCUT2D eigenvalue weighted by molar-refractivity contribution is -0.152. The van der Waals surface area contributed by atoms with E-state index in [4.69, 9.17) is 4.74 Å². The normalized spacial score (nSPS) is 23.6. The van der Waals surface area contributed by atoms with E-state index in [-0.39, 0.29) is 11.9 Å². The average molecular weight is 320 g/mol. The smallest absolute Gasteiger partial charge is 0.342 e. The first-order valence-electron chi connectivity index (χ1n) is 9.68. The third-order valence-corrected chi connectivity index (χ3v) is 5.29. The first-order chi connectivity index (χ1) is 11.2. The molecule has 1 aliphatic heterocycles. The number of esters is 2. The third-order valence-electron chi connectivity index (χ3n) is 5.29. The van der Waals surface area contributed by atoms with Gasteiger partial charge in [-0.3, -0.25) is 4.79 Å². The van der Waals surface area contributed by atoms with Crippen LogP contribution in [0.5, 0.6) is 0 Å². The quantitative estimate of drug-likeness (QED) is 0.293. The maximum Gasteiger partial charge on any atom is 0.342 e. The fourth-order valence-corrected chi connectivity index (χ4v) is 3.82. The van der Waals surface area contributed by atoms with Crippen LogP contribution in [0, 0.1) is 11.8 Å². The molecule has 0 saturated carbocycles. The van der Waals surface area contributed by atoms with Gasteiger partial charge in [0.05, 0.1) is 5.92 Å². The monoisotopic (exact) mass is 320 g/mol. The lowest BCUT2D eigenvalue weighted by Gasteiger charge is -2.22. The van der Waals surface area contributed by atoms with E-state index in [1.165, 1.54) is 70.6 Å². The number of carbonyl (C=O) groups is 2. The molecule has 0 aromatic rings. The van der Waals surface area contributed by atoms with Gasteiger partial charge in [-0.05, 0) is 18.8 Å². The Kier molecular flexibility index (Phi) is 7.84. The van der Waals surface area contributed by atoms with Crippen LogP contribution in [0.15, 0.2) is 11.6 Å². The fourth-order valence-electron chi connectivity index (χ4n) is 3.82. The summed E-state index contributed by atoms with van der Waals surface area (Å²) in [6.07, 6.45) is 18.4. The number of hydrogen-bond acceptors (Lipinski definition) is 3. The SMILES string of the molecule is CCCCCCCCCCCCC1CC=C2C(=O)OC(=O)C2C1. The van der Waals surface area contributed by atoms with Crippen molar-refractivity contribution in [3.8, 4) is 0 Å². The van der Waals surface area contributed by atoms with Crippen LogP contribution >= 0.6 is 0 Å². The van der Waals surface area contributed by atoms with Gasteiger partial charge in [0.25, 0.3) is 0 Å². The minimum atomic E-state index is -0.405. The number of cyclic esters (lactones) is 2. The van der Waals surface area contributed by atoms with E-state index in [1.54, 1.807) is 0 Å².